The van der Waals surface area contributed by atoms with E-state index in [-0.39, 0.29) is 5.91 Å². The molecule has 1 N–H and O–H groups in total. The molecular formula is C17H13ClN2OS. The molecule has 0 saturated heterocycles. The molecule has 0 unspecified atom stereocenters. The lowest BCUT2D eigenvalue weighted by atomic mass is 10.2. The molecule has 1 aromatic heterocycles. The Morgan fingerprint density at radius 1 is 1.09 bits per heavy atom. The maximum Gasteiger partial charge on any atom is 0.234 e. The van der Waals surface area contributed by atoms with Crippen LogP contribution in [0.1, 0.15) is 0 Å². The van der Waals surface area contributed by atoms with E-state index in [0.29, 0.717) is 10.8 Å². The van der Waals surface area contributed by atoms with Crippen molar-refractivity contribution in [2.75, 3.05) is 11.1 Å². The van der Waals surface area contributed by atoms with Crippen LogP contribution in [0.2, 0.25) is 5.02 Å². The number of halogens is 1. The van der Waals surface area contributed by atoms with Crippen LogP contribution in [0.5, 0.6) is 0 Å². The summed E-state index contributed by atoms with van der Waals surface area (Å²) in [5, 5.41) is 4.57. The summed E-state index contributed by atoms with van der Waals surface area (Å²) in [4.78, 5) is 17.4. The summed E-state index contributed by atoms with van der Waals surface area (Å²) in [5.74, 6) is 0.276. The normalized spacial score (nSPS) is 10.6. The third kappa shape index (κ3) is 3.59. The fourth-order valence-corrected chi connectivity index (χ4v) is 3.03. The Kier molecular flexibility index (Phi) is 4.61. The number of carbonyl (C=O) groups excluding carboxylic acids is 1. The molecule has 0 saturated carbocycles. The Morgan fingerprint density at radius 3 is 2.68 bits per heavy atom. The molecule has 0 aliphatic heterocycles. The highest BCUT2D eigenvalue weighted by molar-refractivity contribution is 8.00. The highest BCUT2D eigenvalue weighted by Gasteiger charge is 2.07. The van der Waals surface area contributed by atoms with Gasteiger partial charge < -0.3 is 5.32 Å². The lowest BCUT2D eigenvalue weighted by Crippen LogP contribution is -2.13. The smallest absolute Gasteiger partial charge is 0.234 e. The molecule has 0 fully saturated rings. The van der Waals surface area contributed by atoms with Gasteiger partial charge in [0.25, 0.3) is 0 Å². The van der Waals surface area contributed by atoms with Crippen LogP contribution in [0.3, 0.4) is 0 Å². The van der Waals surface area contributed by atoms with Crippen molar-refractivity contribution in [3.05, 3.63) is 65.8 Å². The topological polar surface area (TPSA) is 42.0 Å². The van der Waals surface area contributed by atoms with Gasteiger partial charge in [0, 0.05) is 27.2 Å². The van der Waals surface area contributed by atoms with Crippen molar-refractivity contribution in [2.45, 2.75) is 4.90 Å². The highest BCUT2D eigenvalue weighted by atomic mass is 35.5. The number of carbonyl (C=O) groups is 1. The molecule has 0 bridgehead atoms. The summed E-state index contributed by atoms with van der Waals surface area (Å²) >= 11 is 7.30. The number of para-hydroxylation sites is 1. The molecular weight excluding hydrogens is 316 g/mol. The minimum atomic E-state index is -0.0553. The number of aromatic nitrogens is 1. The predicted molar refractivity (Wildman–Crippen MR) is 92.5 cm³/mol. The lowest BCUT2D eigenvalue weighted by Gasteiger charge is -2.07. The molecule has 5 heteroatoms. The Bertz CT molecular complexity index is 800. The van der Waals surface area contributed by atoms with Gasteiger partial charge in [-0.3, -0.25) is 9.78 Å². The summed E-state index contributed by atoms with van der Waals surface area (Å²) in [6.07, 6.45) is 1.76. The van der Waals surface area contributed by atoms with E-state index in [1.165, 1.54) is 11.8 Å². The quantitative estimate of drug-likeness (QED) is 0.711. The molecule has 0 aliphatic rings. The van der Waals surface area contributed by atoms with E-state index in [1.54, 1.807) is 30.5 Å². The summed E-state index contributed by atoms with van der Waals surface area (Å²) in [5.41, 5.74) is 1.67. The van der Waals surface area contributed by atoms with Gasteiger partial charge in [-0.1, -0.05) is 29.8 Å². The number of amides is 1. The second-order valence-electron chi connectivity index (χ2n) is 4.68. The molecule has 1 amide bonds. The molecule has 0 radical (unpaired) electrons. The third-order valence-corrected chi connectivity index (χ3v) is 4.38. The third-order valence-electron chi connectivity index (χ3n) is 3.08. The van der Waals surface area contributed by atoms with Crippen LogP contribution in [-0.2, 0) is 4.79 Å². The van der Waals surface area contributed by atoms with Gasteiger partial charge in [0.2, 0.25) is 5.91 Å². The van der Waals surface area contributed by atoms with Crippen LogP contribution < -0.4 is 5.32 Å². The van der Waals surface area contributed by atoms with Gasteiger partial charge in [0.05, 0.1) is 11.3 Å². The number of hydrogen-bond acceptors (Lipinski definition) is 3. The number of rotatable bonds is 4. The molecule has 0 spiro atoms. The molecule has 3 rings (SSSR count). The van der Waals surface area contributed by atoms with Crippen LogP contribution in [-0.4, -0.2) is 16.6 Å². The van der Waals surface area contributed by atoms with E-state index in [1.807, 2.05) is 30.3 Å². The first kappa shape index (κ1) is 14.9. The van der Waals surface area contributed by atoms with Crippen molar-refractivity contribution in [1.82, 2.24) is 4.98 Å². The van der Waals surface area contributed by atoms with Crippen molar-refractivity contribution in [3.8, 4) is 0 Å². The van der Waals surface area contributed by atoms with Crippen molar-refractivity contribution < 1.29 is 4.79 Å². The van der Waals surface area contributed by atoms with Crippen LogP contribution >= 0.6 is 23.4 Å². The molecule has 0 atom stereocenters. The average molecular weight is 329 g/mol. The number of anilines is 1. The number of hydrogen-bond donors (Lipinski definition) is 1. The average Bonchev–Trinajstić information content (AvgIpc) is 2.55. The first-order chi connectivity index (χ1) is 10.7. The summed E-state index contributed by atoms with van der Waals surface area (Å²) < 4.78 is 0. The number of nitrogens with one attached hydrogen (secondary N) is 1. The zero-order chi connectivity index (χ0) is 15.4. The zero-order valence-electron chi connectivity index (χ0n) is 11.6. The van der Waals surface area contributed by atoms with Crippen LogP contribution in [0.15, 0.2) is 65.7 Å². The molecule has 22 heavy (non-hydrogen) atoms. The SMILES string of the molecule is O=C(CSc1cccc2cccnc12)Nc1ccc(Cl)cc1. The van der Waals surface area contributed by atoms with E-state index >= 15 is 0 Å². The van der Waals surface area contributed by atoms with Gasteiger partial charge in [-0.2, -0.15) is 0 Å². The van der Waals surface area contributed by atoms with E-state index in [4.69, 9.17) is 11.6 Å². The van der Waals surface area contributed by atoms with Crippen LogP contribution in [0.4, 0.5) is 5.69 Å². The molecule has 0 aliphatic carbocycles. The second kappa shape index (κ2) is 6.81. The first-order valence-electron chi connectivity index (χ1n) is 6.74. The minimum Gasteiger partial charge on any atom is -0.325 e. The molecule has 3 nitrogen and oxygen atoms in total. The number of thioether (sulfide) groups is 1. The Balaban J connectivity index is 1.66. The van der Waals surface area contributed by atoms with Crippen molar-refractivity contribution in [2.24, 2.45) is 0 Å². The van der Waals surface area contributed by atoms with Gasteiger partial charge in [-0.05, 0) is 36.4 Å². The van der Waals surface area contributed by atoms with Crippen molar-refractivity contribution in [3.63, 3.8) is 0 Å². The Hall–Kier alpha value is -2.04. The number of nitrogens with zero attached hydrogens (tertiary/aromatic N) is 1. The van der Waals surface area contributed by atoms with E-state index in [0.717, 1.165) is 21.5 Å². The van der Waals surface area contributed by atoms with E-state index in [9.17, 15) is 4.79 Å². The summed E-state index contributed by atoms with van der Waals surface area (Å²) in [6.45, 7) is 0. The van der Waals surface area contributed by atoms with E-state index < -0.39 is 0 Å². The maximum absolute atomic E-state index is 12.0. The van der Waals surface area contributed by atoms with Crippen LogP contribution in [0.25, 0.3) is 10.9 Å². The molecule has 3 aromatic rings. The predicted octanol–water partition coefficient (Wildman–Crippen LogP) is 4.62. The Morgan fingerprint density at radius 2 is 1.86 bits per heavy atom. The summed E-state index contributed by atoms with van der Waals surface area (Å²) in [6, 6.07) is 17.0. The van der Waals surface area contributed by atoms with Crippen LogP contribution in [0, 0.1) is 0 Å². The second-order valence-corrected chi connectivity index (χ2v) is 6.13. The molecule has 1 heterocycles. The lowest BCUT2D eigenvalue weighted by molar-refractivity contribution is -0.113. The fourth-order valence-electron chi connectivity index (χ4n) is 2.07. The van der Waals surface area contributed by atoms with Gasteiger partial charge in [0.1, 0.15) is 0 Å². The van der Waals surface area contributed by atoms with Gasteiger partial charge >= 0.3 is 0 Å². The monoisotopic (exact) mass is 328 g/mol. The maximum atomic E-state index is 12.0. The number of benzene rings is 2. The zero-order valence-corrected chi connectivity index (χ0v) is 13.2. The molecule has 2 aromatic carbocycles. The van der Waals surface area contributed by atoms with Crippen molar-refractivity contribution >= 4 is 45.9 Å². The standard InChI is InChI=1S/C17H13ClN2OS/c18-13-6-8-14(9-7-13)20-16(21)11-22-15-5-1-3-12-4-2-10-19-17(12)15/h1-10H,11H2,(H,20,21). The highest BCUT2D eigenvalue weighted by Crippen LogP contribution is 2.26. The number of fused-ring (bicyclic) bond motifs is 1. The van der Waals surface area contributed by atoms with Crippen molar-refractivity contribution in [1.29, 1.82) is 0 Å². The molecule has 110 valence electrons. The first-order valence-corrected chi connectivity index (χ1v) is 8.11. The van der Waals surface area contributed by atoms with Gasteiger partial charge in [-0.25, -0.2) is 0 Å². The fraction of sp³-hybridized carbons (Fsp3) is 0.0588. The van der Waals surface area contributed by atoms with Gasteiger partial charge in [-0.15, -0.1) is 11.8 Å². The van der Waals surface area contributed by atoms with E-state index in [2.05, 4.69) is 10.3 Å². The number of pyridine rings is 1. The Labute approximate surface area is 137 Å². The minimum absolute atomic E-state index is 0.0553. The summed E-state index contributed by atoms with van der Waals surface area (Å²) in [7, 11) is 0. The van der Waals surface area contributed by atoms with Gasteiger partial charge in [0.15, 0.2) is 0 Å². The largest absolute Gasteiger partial charge is 0.325 e.